The number of carbonyl (C=O) groups excluding carboxylic acids is 1. The van der Waals surface area contributed by atoms with Crippen molar-refractivity contribution in [3.63, 3.8) is 0 Å². The van der Waals surface area contributed by atoms with Gasteiger partial charge in [-0.2, -0.15) is 0 Å². The molecular weight excluding hydrogens is 370 g/mol. The van der Waals surface area contributed by atoms with Gasteiger partial charge in [0.15, 0.2) is 5.78 Å². The van der Waals surface area contributed by atoms with Crippen LogP contribution in [0.2, 0.25) is 0 Å². The summed E-state index contributed by atoms with van der Waals surface area (Å²) in [7, 11) is 0. The van der Waals surface area contributed by atoms with Gasteiger partial charge in [0.25, 0.3) is 0 Å². The van der Waals surface area contributed by atoms with Crippen molar-refractivity contribution in [3.05, 3.63) is 23.8 Å². The predicted molar refractivity (Wildman–Crippen MR) is 123 cm³/mol. The van der Waals surface area contributed by atoms with E-state index < -0.39 is 0 Å². The number of Topliss-reactive ketones (excluding diaryl/α,β-unsaturated/α-hetero) is 1. The first-order valence-corrected chi connectivity index (χ1v) is 12.3. The summed E-state index contributed by atoms with van der Waals surface area (Å²) in [5.41, 5.74) is 1.97. The summed E-state index contributed by atoms with van der Waals surface area (Å²) >= 11 is 0. The molecule has 3 saturated carbocycles. The minimum Gasteiger partial charge on any atom is -0.411 e. The number of allylic oxidation sites excluding steroid dienone is 4. The van der Waals surface area contributed by atoms with Crippen molar-refractivity contribution in [1.29, 1.82) is 0 Å². The average Bonchev–Trinajstić information content (AvgIpc) is 3.05. The van der Waals surface area contributed by atoms with Gasteiger partial charge in [0.05, 0.1) is 5.71 Å². The Morgan fingerprint density at radius 1 is 1.17 bits per heavy atom. The highest BCUT2D eigenvalue weighted by Crippen LogP contribution is 2.67. The van der Waals surface area contributed by atoms with Gasteiger partial charge in [0.2, 0.25) is 0 Å². The number of rotatable bonds is 4. The minimum atomic E-state index is -0.0314. The van der Waals surface area contributed by atoms with Crippen molar-refractivity contribution in [2.24, 2.45) is 51.5 Å². The fourth-order valence-corrected chi connectivity index (χ4v) is 8.08. The van der Waals surface area contributed by atoms with E-state index in [1.807, 2.05) is 6.08 Å². The van der Waals surface area contributed by atoms with Gasteiger partial charge in [-0.25, -0.2) is 0 Å². The molecule has 0 bridgehead atoms. The summed E-state index contributed by atoms with van der Waals surface area (Å²) in [5.74, 6) is 4.21. The van der Waals surface area contributed by atoms with Gasteiger partial charge in [0, 0.05) is 12.0 Å². The highest BCUT2D eigenvalue weighted by Gasteiger charge is 2.60. The van der Waals surface area contributed by atoms with Gasteiger partial charge in [-0.1, -0.05) is 51.9 Å². The third-order valence-corrected chi connectivity index (χ3v) is 9.69. The average molecular weight is 412 g/mol. The molecular formula is C27H41NO2. The number of hydrogen-bond acceptors (Lipinski definition) is 3. The number of carbonyl (C=O) groups is 1. The van der Waals surface area contributed by atoms with E-state index in [-0.39, 0.29) is 5.41 Å². The van der Waals surface area contributed by atoms with Crippen LogP contribution in [0.4, 0.5) is 0 Å². The second-order valence-electron chi connectivity index (χ2n) is 11.7. The Morgan fingerprint density at radius 2 is 1.93 bits per heavy atom. The molecule has 4 rings (SSSR count). The first kappa shape index (κ1) is 21.8. The number of hydrogen-bond donors (Lipinski definition) is 1. The smallest absolute Gasteiger partial charge is 0.159 e. The van der Waals surface area contributed by atoms with E-state index in [0.717, 1.165) is 30.3 Å². The molecule has 4 aliphatic rings. The summed E-state index contributed by atoms with van der Waals surface area (Å²) in [4.78, 5) is 13.2. The molecule has 0 aromatic heterocycles. The fraction of sp³-hybridized carbons (Fsp3) is 0.778. The molecule has 0 saturated heterocycles. The van der Waals surface area contributed by atoms with Gasteiger partial charge in [-0.05, 0) is 97.4 Å². The summed E-state index contributed by atoms with van der Waals surface area (Å²) in [6, 6.07) is 0. The van der Waals surface area contributed by atoms with Crippen molar-refractivity contribution in [2.75, 3.05) is 0 Å². The number of fused-ring (bicyclic) bond motifs is 5. The van der Waals surface area contributed by atoms with Crippen molar-refractivity contribution in [3.8, 4) is 0 Å². The Hall–Kier alpha value is -1.38. The number of ketones is 1. The third-order valence-electron chi connectivity index (χ3n) is 9.69. The summed E-state index contributed by atoms with van der Waals surface area (Å²) < 4.78 is 0. The summed E-state index contributed by atoms with van der Waals surface area (Å²) in [5, 5.41) is 12.7. The van der Waals surface area contributed by atoms with Crippen LogP contribution < -0.4 is 0 Å². The zero-order chi connectivity index (χ0) is 21.7. The van der Waals surface area contributed by atoms with Crippen LogP contribution in [0.1, 0.15) is 86.0 Å². The van der Waals surface area contributed by atoms with E-state index >= 15 is 0 Å². The van der Waals surface area contributed by atoms with Crippen LogP contribution in [-0.4, -0.2) is 16.7 Å². The predicted octanol–water partition coefficient (Wildman–Crippen LogP) is 6.81. The largest absolute Gasteiger partial charge is 0.411 e. The molecule has 0 heterocycles. The summed E-state index contributed by atoms with van der Waals surface area (Å²) in [6.45, 7) is 11.9. The third kappa shape index (κ3) is 3.41. The van der Waals surface area contributed by atoms with Gasteiger partial charge >= 0.3 is 0 Å². The molecule has 30 heavy (non-hydrogen) atoms. The minimum absolute atomic E-state index is 0.0314. The second-order valence-corrected chi connectivity index (χ2v) is 11.7. The van der Waals surface area contributed by atoms with E-state index in [9.17, 15) is 10.0 Å². The van der Waals surface area contributed by atoms with Crippen molar-refractivity contribution in [2.45, 2.75) is 86.0 Å². The molecule has 0 aliphatic heterocycles. The Balaban J connectivity index is 1.58. The molecule has 0 radical (unpaired) electrons. The summed E-state index contributed by atoms with van der Waals surface area (Å²) in [6.07, 6.45) is 15.5. The molecule has 3 nitrogen and oxygen atoms in total. The maximum Gasteiger partial charge on any atom is 0.159 e. The molecule has 1 N–H and O–H groups in total. The van der Waals surface area contributed by atoms with Crippen LogP contribution in [0.3, 0.4) is 0 Å². The Morgan fingerprint density at radius 3 is 2.63 bits per heavy atom. The molecule has 6 unspecified atom stereocenters. The SMILES string of the molecule is CC(C)C/C=C/[C@@H](C)C1CCC2C3CC(=O)C4=C/C(=N/O)CCC4(C)C3CCC21C. The fourth-order valence-electron chi connectivity index (χ4n) is 8.08. The lowest BCUT2D eigenvalue weighted by atomic mass is 9.46. The van der Waals surface area contributed by atoms with E-state index in [1.54, 1.807) is 0 Å². The van der Waals surface area contributed by atoms with Crippen LogP contribution in [0, 0.1) is 46.3 Å². The molecule has 0 amide bonds. The lowest BCUT2D eigenvalue weighted by Gasteiger charge is -2.58. The lowest BCUT2D eigenvalue weighted by molar-refractivity contribution is -0.128. The van der Waals surface area contributed by atoms with Gasteiger partial charge in [-0.15, -0.1) is 0 Å². The van der Waals surface area contributed by atoms with Crippen LogP contribution >= 0.6 is 0 Å². The normalized spacial score (nSPS) is 43.5. The van der Waals surface area contributed by atoms with Crippen LogP contribution in [0.5, 0.6) is 0 Å². The van der Waals surface area contributed by atoms with E-state index in [1.165, 1.54) is 32.1 Å². The molecule has 0 aromatic rings. The van der Waals surface area contributed by atoms with Crippen molar-refractivity contribution >= 4 is 11.5 Å². The lowest BCUT2D eigenvalue weighted by Crippen LogP contribution is -2.53. The zero-order valence-corrected chi connectivity index (χ0v) is 19.7. The van der Waals surface area contributed by atoms with Crippen LogP contribution in [0.15, 0.2) is 29.0 Å². The maximum absolute atomic E-state index is 13.2. The Labute approximate surface area is 183 Å². The second kappa shape index (κ2) is 7.95. The highest BCUT2D eigenvalue weighted by molar-refractivity contribution is 6.07. The van der Waals surface area contributed by atoms with Gasteiger partial charge < -0.3 is 5.21 Å². The molecule has 0 spiro atoms. The van der Waals surface area contributed by atoms with Crippen LogP contribution in [-0.2, 0) is 4.79 Å². The monoisotopic (exact) mass is 411 g/mol. The zero-order valence-electron chi connectivity index (χ0n) is 19.7. The van der Waals surface area contributed by atoms with E-state index in [4.69, 9.17) is 0 Å². The standard InChI is InChI=1S/C27H41NO2/c1-17(2)7-6-8-18(3)21-9-10-22-20-16-25(29)24-15-19(28-30)11-13-27(24,5)23(20)12-14-26(21,22)4/h6,8,15,17-18,20-23,30H,7,9-14,16H2,1-5H3/b8-6+,28-19+/t18-,20?,21?,22?,23?,26?,27?/m1/s1. The quantitative estimate of drug-likeness (QED) is 0.314. The van der Waals surface area contributed by atoms with Crippen molar-refractivity contribution in [1.82, 2.24) is 0 Å². The first-order valence-electron chi connectivity index (χ1n) is 12.3. The Kier molecular flexibility index (Phi) is 5.79. The molecule has 3 heteroatoms. The van der Waals surface area contributed by atoms with Crippen LogP contribution in [0.25, 0.3) is 0 Å². The van der Waals surface area contributed by atoms with Gasteiger partial charge in [0.1, 0.15) is 0 Å². The molecule has 166 valence electrons. The van der Waals surface area contributed by atoms with E-state index in [2.05, 4.69) is 51.9 Å². The van der Waals surface area contributed by atoms with Crippen molar-refractivity contribution < 1.29 is 10.0 Å². The first-order chi connectivity index (χ1) is 14.2. The highest BCUT2D eigenvalue weighted by atomic mass is 16.4. The molecule has 0 aromatic carbocycles. The maximum atomic E-state index is 13.2. The molecule has 7 atom stereocenters. The molecule has 4 aliphatic carbocycles. The number of oxime groups is 1. The topological polar surface area (TPSA) is 49.7 Å². The molecule has 3 fully saturated rings. The van der Waals surface area contributed by atoms with E-state index in [0.29, 0.717) is 47.0 Å². The number of nitrogens with zero attached hydrogens (tertiary/aromatic N) is 1. The van der Waals surface area contributed by atoms with Gasteiger partial charge in [-0.3, -0.25) is 4.79 Å². The Bertz CT molecular complexity index is 778.